The van der Waals surface area contributed by atoms with Crippen LogP contribution in [-0.4, -0.2) is 39.0 Å². The SMILES string of the molecule is O=C(O)c1cccc(CN2CCC(c3c[nH]c4nccc(CC5CC5)c34)CC2)c1. The van der Waals surface area contributed by atoms with E-state index in [0.29, 0.717) is 11.5 Å². The maximum absolute atomic E-state index is 11.2. The van der Waals surface area contributed by atoms with Crippen LogP contribution >= 0.6 is 0 Å². The number of carbonyl (C=O) groups is 1. The number of carboxylic acids is 1. The van der Waals surface area contributed by atoms with E-state index in [4.69, 9.17) is 0 Å². The lowest BCUT2D eigenvalue weighted by Crippen LogP contribution is -2.32. The zero-order valence-electron chi connectivity index (χ0n) is 16.6. The number of carboxylic acid groups (broad SMARTS) is 1. The minimum absolute atomic E-state index is 0.367. The van der Waals surface area contributed by atoms with E-state index >= 15 is 0 Å². The van der Waals surface area contributed by atoms with Crippen molar-refractivity contribution in [2.75, 3.05) is 13.1 Å². The van der Waals surface area contributed by atoms with Gasteiger partial charge in [0.05, 0.1) is 5.56 Å². The first-order valence-corrected chi connectivity index (χ1v) is 10.7. The second-order valence-corrected chi connectivity index (χ2v) is 8.64. The summed E-state index contributed by atoms with van der Waals surface area (Å²) >= 11 is 0. The van der Waals surface area contributed by atoms with E-state index in [-0.39, 0.29) is 0 Å². The lowest BCUT2D eigenvalue weighted by atomic mass is 9.87. The van der Waals surface area contributed by atoms with Crippen LogP contribution in [-0.2, 0) is 13.0 Å². The Morgan fingerprint density at radius 2 is 2.00 bits per heavy atom. The van der Waals surface area contributed by atoms with E-state index < -0.39 is 5.97 Å². The number of H-pyrrole nitrogens is 1. The van der Waals surface area contributed by atoms with Crippen molar-refractivity contribution in [1.82, 2.24) is 14.9 Å². The summed E-state index contributed by atoms with van der Waals surface area (Å²) in [7, 11) is 0. The standard InChI is InChI=1S/C24H27N3O2/c28-24(29)20-3-1-2-17(13-20)15-27-10-7-18(8-11-27)21-14-26-23-22(21)19(6-9-25-23)12-16-4-5-16/h1-3,6,9,13-14,16,18H,4-5,7-8,10-12,15H2,(H,25,26)(H,28,29). The molecule has 2 N–H and O–H groups in total. The van der Waals surface area contributed by atoms with E-state index in [1.54, 1.807) is 12.1 Å². The van der Waals surface area contributed by atoms with Gasteiger partial charge in [-0.1, -0.05) is 12.1 Å². The van der Waals surface area contributed by atoms with E-state index in [1.165, 1.54) is 35.8 Å². The highest BCUT2D eigenvalue weighted by Crippen LogP contribution is 2.38. The van der Waals surface area contributed by atoms with Crippen molar-refractivity contribution >= 4 is 17.0 Å². The second-order valence-electron chi connectivity index (χ2n) is 8.64. The predicted molar refractivity (Wildman–Crippen MR) is 113 cm³/mol. The molecule has 0 atom stereocenters. The van der Waals surface area contributed by atoms with E-state index in [2.05, 4.69) is 27.1 Å². The Kier molecular flexibility index (Phi) is 4.84. The molecule has 1 aliphatic carbocycles. The molecular formula is C24H27N3O2. The largest absolute Gasteiger partial charge is 0.478 e. The molecule has 2 fully saturated rings. The number of hydrogen-bond acceptors (Lipinski definition) is 3. The lowest BCUT2D eigenvalue weighted by molar-refractivity contribution is 0.0696. The fourth-order valence-corrected chi connectivity index (χ4v) is 4.74. The maximum Gasteiger partial charge on any atom is 0.335 e. The Balaban J connectivity index is 1.28. The van der Waals surface area contributed by atoms with Gasteiger partial charge in [-0.3, -0.25) is 4.90 Å². The third-order valence-electron chi connectivity index (χ3n) is 6.50. The Morgan fingerprint density at radius 3 is 2.76 bits per heavy atom. The number of aromatic nitrogens is 2. The molecule has 1 aromatic carbocycles. The smallest absolute Gasteiger partial charge is 0.335 e. The predicted octanol–water partition coefficient (Wildman–Crippen LogP) is 4.59. The molecule has 1 saturated carbocycles. The van der Waals surface area contributed by atoms with Crippen LogP contribution in [0.4, 0.5) is 0 Å². The maximum atomic E-state index is 11.2. The number of nitrogens with zero attached hydrogens (tertiary/aromatic N) is 2. The number of rotatable bonds is 6. The van der Waals surface area contributed by atoms with E-state index in [0.717, 1.165) is 49.6 Å². The van der Waals surface area contributed by atoms with Crippen molar-refractivity contribution in [3.63, 3.8) is 0 Å². The van der Waals surface area contributed by atoms with Gasteiger partial charge in [0.1, 0.15) is 5.65 Å². The van der Waals surface area contributed by atoms with Gasteiger partial charge >= 0.3 is 5.97 Å². The number of piperidine rings is 1. The topological polar surface area (TPSA) is 69.2 Å². The minimum Gasteiger partial charge on any atom is -0.478 e. The highest BCUT2D eigenvalue weighted by molar-refractivity contribution is 5.87. The summed E-state index contributed by atoms with van der Waals surface area (Å²) in [6, 6.07) is 9.52. The number of aromatic amines is 1. The first-order chi connectivity index (χ1) is 14.2. The number of hydrogen-bond donors (Lipinski definition) is 2. The number of fused-ring (bicyclic) bond motifs is 1. The zero-order chi connectivity index (χ0) is 19.8. The normalized spacial score (nSPS) is 18.3. The van der Waals surface area contributed by atoms with Gasteiger partial charge < -0.3 is 10.1 Å². The fourth-order valence-electron chi connectivity index (χ4n) is 4.74. The molecule has 2 aliphatic rings. The Morgan fingerprint density at radius 1 is 1.17 bits per heavy atom. The van der Waals surface area contributed by atoms with Crippen LogP contribution in [0, 0.1) is 5.92 Å². The number of pyridine rings is 1. The van der Waals surface area contributed by atoms with Crippen LogP contribution in [0.5, 0.6) is 0 Å². The number of aromatic carboxylic acids is 1. The van der Waals surface area contributed by atoms with E-state index in [9.17, 15) is 9.90 Å². The number of likely N-dealkylation sites (tertiary alicyclic amines) is 1. The van der Waals surface area contributed by atoms with Gasteiger partial charge in [-0.25, -0.2) is 9.78 Å². The quantitative estimate of drug-likeness (QED) is 0.647. The highest BCUT2D eigenvalue weighted by Gasteiger charge is 2.27. The van der Waals surface area contributed by atoms with Crippen LogP contribution in [0.1, 0.15) is 58.6 Å². The molecule has 1 aliphatic heterocycles. The van der Waals surface area contributed by atoms with Crippen LogP contribution in [0.25, 0.3) is 11.0 Å². The van der Waals surface area contributed by atoms with Crippen LogP contribution < -0.4 is 0 Å². The highest BCUT2D eigenvalue weighted by atomic mass is 16.4. The molecule has 1 saturated heterocycles. The molecule has 29 heavy (non-hydrogen) atoms. The second kappa shape index (κ2) is 7.64. The fraction of sp³-hybridized carbons (Fsp3) is 0.417. The number of benzene rings is 1. The summed E-state index contributed by atoms with van der Waals surface area (Å²) in [5, 5.41) is 10.6. The van der Waals surface area contributed by atoms with Crippen molar-refractivity contribution in [2.45, 2.75) is 44.6 Å². The van der Waals surface area contributed by atoms with Gasteiger partial charge in [0.25, 0.3) is 0 Å². The third-order valence-corrected chi connectivity index (χ3v) is 6.50. The zero-order valence-corrected chi connectivity index (χ0v) is 16.6. The molecule has 0 spiro atoms. The molecule has 5 rings (SSSR count). The van der Waals surface area contributed by atoms with Gasteiger partial charge in [0, 0.05) is 24.3 Å². The first-order valence-electron chi connectivity index (χ1n) is 10.7. The molecule has 150 valence electrons. The minimum atomic E-state index is -0.861. The molecule has 0 radical (unpaired) electrons. The summed E-state index contributed by atoms with van der Waals surface area (Å²) < 4.78 is 0. The molecule has 5 nitrogen and oxygen atoms in total. The Bertz CT molecular complexity index is 1030. The summed E-state index contributed by atoms with van der Waals surface area (Å²) in [6.45, 7) is 2.88. The van der Waals surface area contributed by atoms with Crippen molar-refractivity contribution in [1.29, 1.82) is 0 Å². The van der Waals surface area contributed by atoms with Crippen molar-refractivity contribution in [3.8, 4) is 0 Å². The Hall–Kier alpha value is -2.66. The molecule has 0 amide bonds. The van der Waals surface area contributed by atoms with E-state index in [1.807, 2.05) is 18.3 Å². The first kappa shape index (κ1) is 18.4. The van der Waals surface area contributed by atoms with Gasteiger partial charge in [0.2, 0.25) is 0 Å². The summed E-state index contributed by atoms with van der Waals surface area (Å²) in [5.41, 5.74) is 5.38. The third kappa shape index (κ3) is 3.92. The molecular weight excluding hydrogens is 362 g/mol. The van der Waals surface area contributed by atoms with Crippen molar-refractivity contribution < 1.29 is 9.90 Å². The van der Waals surface area contributed by atoms with Gasteiger partial charge in [-0.2, -0.15) is 0 Å². The van der Waals surface area contributed by atoms with Crippen molar-refractivity contribution in [3.05, 3.63) is 65.0 Å². The summed E-state index contributed by atoms with van der Waals surface area (Å²) in [6.07, 6.45) is 10.3. The molecule has 0 unspecified atom stereocenters. The Labute approximate surface area is 170 Å². The average molecular weight is 389 g/mol. The molecule has 5 heteroatoms. The molecule has 3 aromatic rings. The average Bonchev–Trinajstić information content (AvgIpc) is 3.44. The van der Waals surface area contributed by atoms with Gasteiger partial charge in [-0.15, -0.1) is 0 Å². The van der Waals surface area contributed by atoms with Gasteiger partial charge in [0.15, 0.2) is 0 Å². The van der Waals surface area contributed by atoms with Crippen LogP contribution in [0.3, 0.4) is 0 Å². The van der Waals surface area contributed by atoms with Crippen LogP contribution in [0.2, 0.25) is 0 Å². The molecule has 3 heterocycles. The molecule has 2 aromatic heterocycles. The summed E-state index contributed by atoms with van der Waals surface area (Å²) in [5.74, 6) is 0.569. The van der Waals surface area contributed by atoms with Crippen molar-refractivity contribution in [2.24, 2.45) is 5.92 Å². The van der Waals surface area contributed by atoms with Crippen LogP contribution in [0.15, 0.2) is 42.7 Å². The van der Waals surface area contributed by atoms with Gasteiger partial charge in [-0.05, 0) is 91.9 Å². The molecule has 0 bridgehead atoms. The number of nitrogens with one attached hydrogen (secondary N) is 1. The summed E-state index contributed by atoms with van der Waals surface area (Å²) in [4.78, 5) is 21.6. The lowest BCUT2D eigenvalue weighted by Gasteiger charge is -2.32. The monoisotopic (exact) mass is 389 g/mol.